The van der Waals surface area contributed by atoms with Gasteiger partial charge in [0.15, 0.2) is 0 Å². The van der Waals surface area contributed by atoms with E-state index in [1.807, 2.05) is 0 Å². The Bertz CT molecular complexity index is 281. The van der Waals surface area contributed by atoms with E-state index >= 15 is 0 Å². The number of halogens is 1. The van der Waals surface area contributed by atoms with E-state index in [0.717, 1.165) is 19.3 Å². The first-order chi connectivity index (χ1) is 7.03. The largest absolute Gasteiger partial charge is 0.384 e. The van der Waals surface area contributed by atoms with Gasteiger partial charge in [0.2, 0.25) is 10.0 Å². The Morgan fingerprint density at radius 3 is 2.73 bits per heavy atom. The summed E-state index contributed by atoms with van der Waals surface area (Å²) in [6, 6.07) is 0. The molecule has 0 aromatic carbocycles. The highest BCUT2D eigenvalue weighted by Gasteiger charge is 2.23. The molecule has 0 spiro atoms. The third kappa shape index (κ3) is 5.29. The Labute approximate surface area is 99.9 Å². The van der Waals surface area contributed by atoms with Gasteiger partial charge in [-0.1, -0.05) is 15.9 Å². The van der Waals surface area contributed by atoms with Crippen LogP contribution in [0.3, 0.4) is 0 Å². The van der Waals surface area contributed by atoms with Crippen molar-refractivity contribution in [2.24, 2.45) is 5.92 Å². The van der Waals surface area contributed by atoms with Crippen molar-refractivity contribution in [2.45, 2.75) is 24.1 Å². The van der Waals surface area contributed by atoms with Gasteiger partial charge in [-0.2, -0.15) is 0 Å². The van der Waals surface area contributed by atoms with E-state index in [0.29, 0.717) is 17.3 Å². The van der Waals surface area contributed by atoms with Crippen LogP contribution in [0, 0.1) is 5.92 Å². The second-order valence-electron chi connectivity index (χ2n) is 3.94. The molecule has 4 nitrogen and oxygen atoms in total. The van der Waals surface area contributed by atoms with E-state index in [2.05, 4.69) is 20.7 Å². The zero-order valence-corrected chi connectivity index (χ0v) is 11.3. The molecule has 0 heterocycles. The van der Waals surface area contributed by atoms with Crippen molar-refractivity contribution >= 4 is 26.0 Å². The molecule has 0 saturated heterocycles. The van der Waals surface area contributed by atoms with Gasteiger partial charge >= 0.3 is 0 Å². The van der Waals surface area contributed by atoms with E-state index < -0.39 is 10.0 Å². The van der Waals surface area contributed by atoms with Crippen LogP contribution in [0.15, 0.2) is 0 Å². The molecule has 0 aliphatic heterocycles. The van der Waals surface area contributed by atoms with Crippen molar-refractivity contribution in [2.75, 3.05) is 26.0 Å². The van der Waals surface area contributed by atoms with Gasteiger partial charge in [-0.3, -0.25) is 0 Å². The molecular formula is C9H18BrNO3S. The van der Waals surface area contributed by atoms with E-state index in [1.54, 1.807) is 0 Å². The highest BCUT2D eigenvalue weighted by molar-refractivity contribution is 9.09. The van der Waals surface area contributed by atoms with Crippen LogP contribution in [0.2, 0.25) is 0 Å². The first kappa shape index (κ1) is 13.4. The van der Waals surface area contributed by atoms with Gasteiger partial charge in [0.1, 0.15) is 0 Å². The standard InChI is InChI=1S/C9H18BrNO3S/c1-14-4-5-15(12,13)11-7-8-2-3-9(10)6-8/h8-9,11H,2-7H2,1H3. The van der Waals surface area contributed by atoms with Gasteiger partial charge in [-0.25, -0.2) is 13.1 Å². The molecule has 0 aromatic heterocycles. The summed E-state index contributed by atoms with van der Waals surface area (Å²) in [5.41, 5.74) is 0. The summed E-state index contributed by atoms with van der Waals surface area (Å²) in [6.45, 7) is 0.815. The molecule has 1 fully saturated rings. The first-order valence-corrected chi connectivity index (χ1v) is 7.70. The summed E-state index contributed by atoms with van der Waals surface area (Å²) in [4.78, 5) is 0.561. The quantitative estimate of drug-likeness (QED) is 0.748. The van der Waals surface area contributed by atoms with Crippen molar-refractivity contribution < 1.29 is 13.2 Å². The summed E-state index contributed by atoms with van der Waals surface area (Å²) in [6.07, 6.45) is 3.31. The minimum Gasteiger partial charge on any atom is -0.384 e. The predicted molar refractivity (Wildman–Crippen MR) is 63.7 cm³/mol. The topological polar surface area (TPSA) is 55.4 Å². The third-order valence-corrected chi connectivity index (χ3v) is 4.77. The highest BCUT2D eigenvalue weighted by Crippen LogP contribution is 2.30. The van der Waals surface area contributed by atoms with Gasteiger partial charge in [-0.05, 0) is 25.2 Å². The molecule has 15 heavy (non-hydrogen) atoms. The van der Waals surface area contributed by atoms with Crippen molar-refractivity contribution in [3.63, 3.8) is 0 Å². The maximum Gasteiger partial charge on any atom is 0.213 e. The van der Waals surface area contributed by atoms with Gasteiger partial charge in [0, 0.05) is 18.5 Å². The lowest BCUT2D eigenvalue weighted by atomic mass is 10.1. The number of rotatable bonds is 6. The summed E-state index contributed by atoms with van der Waals surface area (Å²) >= 11 is 3.54. The molecule has 1 aliphatic carbocycles. The fraction of sp³-hybridized carbons (Fsp3) is 1.00. The predicted octanol–water partition coefficient (Wildman–Crippen LogP) is 1.12. The molecule has 1 rings (SSSR count). The first-order valence-electron chi connectivity index (χ1n) is 5.14. The number of nitrogens with one attached hydrogen (secondary N) is 1. The van der Waals surface area contributed by atoms with Gasteiger partial charge < -0.3 is 4.74 Å². The second kappa shape index (κ2) is 6.18. The van der Waals surface area contributed by atoms with Crippen LogP contribution in [0.4, 0.5) is 0 Å². The Morgan fingerprint density at radius 2 is 2.20 bits per heavy atom. The molecule has 90 valence electrons. The minimum absolute atomic E-state index is 0.0496. The number of alkyl halides is 1. The monoisotopic (exact) mass is 299 g/mol. The van der Waals surface area contributed by atoms with Crippen molar-refractivity contribution in [1.82, 2.24) is 4.72 Å². The van der Waals surface area contributed by atoms with Crippen LogP contribution in [-0.2, 0) is 14.8 Å². The van der Waals surface area contributed by atoms with Crippen LogP contribution in [0.1, 0.15) is 19.3 Å². The van der Waals surface area contributed by atoms with Crippen molar-refractivity contribution in [3.8, 4) is 0 Å². The lowest BCUT2D eigenvalue weighted by Crippen LogP contribution is -2.32. The molecular weight excluding hydrogens is 282 g/mol. The van der Waals surface area contributed by atoms with Gasteiger partial charge in [0.05, 0.1) is 12.4 Å². The second-order valence-corrected chi connectivity index (χ2v) is 7.16. The third-order valence-electron chi connectivity index (χ3n) is 2.63. The fourth-order valence-electron chi connectivity index (χ4n) is 1.71. The molecule has 1 aliphatic rings. The van der Waals surface area contributed by atoms with Crippen molar-refractivity contribution in [1.29, 1.82) is 0 Å². The molecule has 0 aromatic rings. The SMILES string of the molecule is COCCS(=O)(=O)NCC1CCC(Br)C1. The van der Waals surface area contributed by atoms with Crippen LogP contribution in [0.5, 0.6) is 0 Å². The van der Waals surface area contributed by atoms with E-state index in [4.69, 9.17) is 4.74 Å². The van der Waals surface area contributed by atoms with Gasteiger partial charge in [-0.15, -0.1) is 0 Å². The Balaban J connectivity index is 2.24. The summed E-state index contributed by atoms with van der Waals surface area (Å²) in [7, 11) is -1.64. The molecule has 2 unspecified atom stereocenters. The normalized spacial score (nSPS) is 27.1. The number of hydrogen-bond acceptors (Lipinski definition) is 3. The van der Waals surface area contributed by atoms with Crippen LogP contribution >= 0.6 is 15.9 Å². The van der Waals surface area contributed by atoms with Crippen LogP contribution < -0.4 is 4.72 Å². The maximum absolute atomic E-state index is 11.4. The average molecular weight is 300 g/mol. The lowest BCUT2D eigenvalue weighted by Gasteiger charge is -2.11. The van der Waals surface area contributed by atoms with Crippen molar-refractivity contribution in [3.05, 3.63) is 0 Å². The summed E-state index contributed by atoms with van der Waals surface area (Å²) in [5, 5.41) is 0. The Hall–Kier alpha value is 0.350. The average Bonchev–Trinajstić information content (AvgIpc) is 2.59. The van der Waals surface area contributed by atoms with Crippen LogP contribution in [0.25, 0.3) is 0 Å². The molecule has 1 N–H and O–H groups in total. The molecule has 0 amide bonds. The molecule has 0 radical (unpaired) electrons. The molecule has 0 bridgehead atoms. The smallest absolute Gasteiger partial charge is 0.213 e. The Morgan fingerprint density at radius 1 is 1.47 bits per heavy atom. The lowest BCUT2D eigenvalue weighted by molar-refractivity contribution is 0.217. The van der Waals surface area contributed by atoms with Gasteiger partial charge in [0.25, 0.3) is 0 Å². The highest BCUT2D eigenvalue weighted by atomic mass is 79.9. The number of methoxy groups -OCH3 is 1. The zero-order chi connectivity index (χ0) is 11.3. The van der Waals surface area contributed by atoms with E-state index in [-0.39, 0.29) is 12.4 Å². The minimum atomic E-state index is -3.14. The molecule has 6 heteroatoms. The molecule has 1 saturated carbocycles. The van der Waals surface area contributed by atoms with E-state index in [1.165, 1.54) is 7.11 Å². The maximum atomic E-state index is 11.4. The summed E-state index contributed by atoms with van der Waals surface area (Å²) < 4.78 is 30.2. The van der Waals surface area contributed by atoms with Crippen LogP contribution in [-0.4, -0.2) is 39.3 Å². The number of hydrogen-bond donors (Lipinski definition) is 1. The summed E-state index contributed by atoms with van der Waals surface area (Å²) in [5.74, 6) is 0.528. The number of ether oxygens (including phenoxy) is 1. The Kier molecular flexibility index (Phi) is 5.52. The van der Waals surface area contributed by atoms with E-state index in [9.17, 15) is 8.42 Å². The number of sulfonamides is 1. The zero-order valence-electron chi connectivity index (χ0n) is 8.91. The molecule has 2 atom stereocenters. The fourth-order valence-corrected chi connectivity index (χ4v) is 3.52.